The number of carbonyl (C=O) groups excluding carboxylic acids is 2. The average molecular weight is 438 g/mol. The lowest BCUT2D eigenvalue weighted by Gasteiger charge is -2.12. The molecule has 7 nitrogen and oxygen atoms in total. The Morgan fingerprint density at radius 2 is 1.77 bits per heavy atom. The minimum atomic E-state index is -0.281. The molecule has 8 heteroatoms. The average Bonchev–Trinajstić information content (AvgIpc) is 3.00. The van der Waals surface area contributed by atoms with E-state index in [4.69, 9.17) is 21.1 Å². The van der Waals surface area contributed by atoms with Crippen molar-refractivity contribution in [1.29, 1.82) is 0 Å². The van der Waals surface area contributed by atoms with Crippen molar-refractivity contribution in [2.24, 2.45) is 0 Å². The molecule has 0 aliphatic carbocycles. The van der Waals surface area contributed by atoms with E-state index >= 15 is 0 Å². The van der Waals surface area contributed by atoms with Crippen molar-refractivity contribution >= 4 is 34.8 Å². The molecule has 0 atom stereocenters. The molecule has 0 saturated heterocycles. The number of ether oxygens (including phenoxy) is 2. The first-order chi connectivity index (χ1) is 15.1. The number of nitrogens with zero attached hydrogens (tertiary/aromatic N) is 1. The van der Waals surface area contributed by atoms with Crippen LogP contribution in [0.1, 0.15) is 22.3 Å². The third-order valence-corrected chi connectivity index (χ3v) is 4.85. The van der Waals surface area contributed by atoms with Crippen LogP contribution < -0.4 is 20.1 Å². The van der Waals surface area contributed by atoms with E-state index in [-0.39, 0.29) is 18.2 Å². The van der Waals surface area contributed by atoms with Gasteiger partial charge in [0.25, 0.3) is 5.91 Å². The standard InChI is InChI=1S/C23H20ClN3O4/c24-19-11-15(12-20-22(19)31-10-2-9-30-20)13-21(28)26-18-4-1-3-16(14-18)23(29)27-17-5-7-25-8-6-17/h1,3-8,11-12,14H,2,9-10,13H2,(H,26,28)(H,25,27,29). The zero-order valence-electron chi connectivity index (χ0n) is 16.6. The molecule has 2 N–H and O–H groups in total. The van der Waals surface area contributed by atoms with Crippen LogP contribution in [0.3, 0.4) is 0 Å². The van der Waals surface area contributed by atoms with Crippen LogP contribution in [0.15, 0.2) is 60.9 Å². The molecule has 1 aliphatic heterocycles. The Hall–Kier alpha value is -3.58. The summed E-state index contributed by atoms with van der Waals surface area (Å²) >= 11 is 6.30. The van der Waals surface area contributed by atoms with Gasteiger partial charge in [-0.25, -0.2) is 0 Å². The van der Waals surface area contributed by atoms with E-state index < -0.39 is 0 Å². The summed E-state index contributed by atoms with van der Waals surface area (Å²) in [7, 11) is 0. The molecule has 4 rings (SSSR count). The Bertz CT molecular complexity index is 1110. The molecule has 0 spiro atoms. The van der Waals surface area contributed by atoms with E-state index in [0.29, 0.717) is 52.2 Å². The summed E-state index contributed by atoms with van der Waals surface area (Å²) in [6.45, 7) is 1.07. The highest BCUT2D eigenvalue weighted by Gasteiger charge is 2.17. The summed E-state index contributed by atoms with van der Waals surface area (Å²) in [5.74, 6) is 0.535. The zero-order valence-corrected chi connectivity index (χ0v) is 17.3. The lowest BCUT2D eigenvalue weighted by molar-refractivity contribution is -0.115. The number of carbonyl (C=O) groups is 2. The van der Waals surface area contributed by atoms with Crippen LogP contribution in [-0.4, -0.2) is 30.0 Å². The number of amides is 2. The third kappa shape index (κ3) is 5.32. The van der Waals surface area contributed by atoms with Gasteiger partial charge in [-0.3, -0.25) is 14.6 Å². The van der Waals surface area contributed by atoms with Crippen molar-refractivity contribution in [3.8, 4) is 11.5 Å². The van der Waals surface area contributed by atoms with Crippen LogP contribution in [0.5, 0.6) is 11.5 Å². The molecule has 0 radical (unpaired) electrons. The van der Waals surface area contributed by atoms with Gasteiger partial charge in [-0.2, -0.15) is 0 Å². The summed E-state index contributed by atoms with van der Waals surface area (Å²) in [5.41, 5.74) is 2.29. The fraction of sp³-hybridized carbons (Fsp3) is 0.174. The maximum absolute atomic E-state index is 12.6. The van der Waals surface area contributed by atoms with Crippen molar-refractivity contribution in [2.75, 3.05) is 23.8 Å². The highest BCUT2D eigenvalue weighted by atomic mass is 35.5. The second kappa shape index (κ2) is 9.49. The molecular weight excluding hydrogens is 418 g/mol. The Kier molecular flexibility index (Phi) is 6.33. The second-order valence-corrected chi connectivity index (χ2v) is 7.36. The van der Waals surface area contributed by atoms with Crippen LogP contribution in [-0.2, 0) is 11.2 Å². The van der Waals surface area contributed by atoms with Gasteiger partial charge in [0.05, 0.1) is 24.7 Å². The monoisotopic (exact) mass is 437 g/mol. The summed E-state index contributed by atoms with van der Waals surface area (Å²) in [6.07, 6.45) is 4.06. The lowest BCUT2D eigenvalue weighted by Crippen LogP contribution is -2.16. The van der Waals surface area contributed by atoms with Crippen molar-refractivity contribution in [3.63, 3.8) is 0 Å². The molecule has 0 bridgehead atoms. The fourth-order valence-electron chi connectivity index (χ4n) is 3.15. The number of halogens is 1. The van der Waals surface area contributed by atoms with E-state index in [9.17, 15) is 9.59 Å². The molecule has 31 heavy (non-hydrogen) atoms. The van der Waals surface area contributed by atoms with Crippen molar-refractivity contribution in [3.05, 3.63) is 77.1 Å². The Balaban J connectivity index is 1.42. The Labute approximate surface area is 184 Å². The maximum atomic E-state index is 12.6. The van der Waals surface area contributed by atoms with Gasteiger partial charge in [0, 0.05) is 35.8 Å². The van der Waals surface area contributed by atoms with Crippen LogP contribution in [0.4, 0.5) is 11.4 Å². The van der Waals surface area contributed by atoms with E-state index in [0.717, 1.165) is 6.42 Å². The van der Waals surface area contributed by atoms with Crippen molar-refractivity contribution in [2.45, 2.75) is 12.8 Å². The van der Waals surface area contributed by atoms with Gasteiger partial charge in [0.15, 0.2) is 11.5 Å². The molecule has 2 amide bonds. The van der Waals surface area contributed by atoms with E-state index in [1.807, 2.05) is 0 Å². The van der Waals surface area contributed by atoms with Crippen molar-refractivity contribution in [1.82, 2.24) is 4.98 Å². The number of hydrogen-bond acceptors (Lipinski definition) is 5. The van der Waals surface area contributed by atoms with Gasteiger partial charge in [-0.1, -0.05) is 17.7 Å². The molecule has 0 fully saturated rings. The van der Waals surface area contributed by atoms with Gasteiger partial charge in [0.2, 0.25) is 5.91 Å². The summed E-state index contributed by atoms with van der Waals surface area (Å²) < 4.78 is 11.3. The van der Waals surface area contributed by atoms with Gasteiger partial charge < -0.3 is 20.1 Å². The highest BCUT2D eigenvalue weighted by Crippen LogP contribution is 2.38. The van der Waals surface area contributed by atoms with Gasteiger partial charge >= 0.3 is 0 Å². The van der Waals surface area contributed by atoms with Crippen LogP contribution in [0.2, 0.25) is 5.02 Å². The lowest BCUT2D eigenvalue weighted by atomic mass is 10.1. The third-order valence-electron chi connectivity index (χ3n) is 4.57. The smallest absolute Gasteiger partial charge is 0.255 e. The zero-order chi connectivity index (χ0) is 21.6. The normalized spacial score (nSPS) is 12.5. The quantitative estimate of drug-likeness (QED) is 0.620. The summed E-state index contributed by atoms with van der Waals surface area (Å²) in [4.78, 5) is 28.9. The van der Waals surface area contributed by atoms with Gasteiger partial charge in [0.1, 0.15) is 0 Å². The second-order valence-electron chi connectivity index (χ2n) is 6.95. The molecule has 1 aromatic heterocycles. The molecule has 158 valence electrons. The first-order valence-corrected chi connectivity index (χ1v) is 10.2. The first kappa shape index (κ1) is 20.7. The van der Waals surface area contributed by atoms with E-state index in [1.165, 1.54) is 0 Å². The number of pyridine rings is 1. The summed E-state index contributed by atoms with van der Waals surface area (Å²) in [6, 6.07) is 13.6. The topological polar surface area (TPSA) is 89.5 Å². The molecular formula is C23H20ClN3O4. The number of aromatic nitrogens is 1. The molecule has 3 aromatic rings. The first-order valence-electron chi connectivity index (χ1n) is 9.78. The minimum Gasteiger partial charge on any atom is -0.489 e. The Morgan fingerprint density at radius 1 is 0.968 bits per heavy atom. The van der Waals surface area contributed by atoms with E-state index in [2.05, 4.69) is 15.6 Å². The SMILES string of the molecule is O=C(Cc1cc(Cl)c2c(c1)OCCCO2)Nc1cccc(C(=O)Nc2ccncc2)c1. The molecule has 0 unspecified atom stereocenters. The van der Waals surface area contributed by atoms with Crippen LogP contribution in [0, 0.1) is 0 Å². The van der Waals surface area contributed by atoms with Gasteiger partial charge in [-0.15, -0.1) is 0 Å². The summed E-state index contributed by atoms with van der Waals surface area (Å²) in [5, 5.41) is 6.02. The molecule has 1 aliphatic rings. The number of nitrogens with one attached hydrogen (secondary N) is 2. The number of hydrogen-bond donors (Lipinski definition) is 2. The van der Waals surface area contributed by atoms with Crippen molar-refractivity contribution < 1.29 is 19.1 Å². The fourth-order valence-corrected chi connectivity index (χ4v) is 3.44. The Morgan fingerprint density at radius 3 is 2.61 bits per heavy atom. The largest absolute Gasteiger partial charge is 0.489 e. The molecule has 2 heterocycles. The van der Waals surface area contributed by atoms with Crippen LogP contribution >= 0.6 is 11.6 Å². The maximum Gasteiger partial charge on any atom is 0.255 e. The van der Waals surface area contributed by atoms with Gasteiger partial charge in [-0.05, 0) is 48.0 Å². The number of anilines is 2. The number of fused-ring (bicyclic) bond motifs is 1. The molecule has 2 aromatic carbocycles. The minimum absolute atomic E-state index is 0.101. The van der Waals surface area contributed by atoms with E-state index in [1.54, 1.807) is 60.9 Å². The highest BCUT2D eigenvalue weighted by molar-refractivity contribution is 6.32. The van der Waals surface area contributed by atoms with Crippen LogP contribution in [0.25, 0.3) is 0 Å². The predicted octanol–water partition coefficient (Wildman–Crippen LogP) is 4.33. The predicted molar refractivity (Wildman–Crippen MR) is 118 cm³/mol. The number of rotatable bonds is 5. The number of benzene rings is 2. The molecule has 0 saturated carbocycles.